The number of nitrogens with zero attached hydrogens (tertiary/aromatic N) is 1. The number of halogens is 1. The molecule has 1 N–H and O–H groups in total. The first-order chi connectivity index (χ1) is 10.5. The van der Waals surface area contributed by atoms with Crippen molar-refractivity contribution in [1.29, 1.82) is 0 Å². The highest BCUT2D eigenvalue weighted by Crippen LogP contribution is 2.10. The zero-order valence-corrected chi connectivity index (χ0v) is 11.7. The predicted molar refractivity (Wildman–Crippen MR) is 72.7 cm³/mol. The SMILES string of the molecule is Cc1cc(OCC(=O)OCC(=O)Nc2cccc(F)c2)no1. The number of hydrogen-bond acceptors (Lipinski definition) is 6. The highest BCUT2D eigenvalue weighted by molar-refractivity contribution is 5.92. The topological polar surface area (TPSA) is 90.7 Å². The van der Waals surface area contributed by atoms with Crippen LogP contribution in [0.1, 0.15) is 5.76 Å². The Hall–Kier alpha value is -2.90. The molecule has 0 saturated carbocycles. The van der Waals surface area contributed by atoms with Crippen molar-refractivity contribution in [2.75, 3.05) is 18.5 Å². The van der Waals surface area contributed by atoms with Gasteiger partial charge in [-0.1, -0.05) is 6.07 Å². The van der Waals surface area contributed by atoms with Gasteiger partial charge in [0.05, 0.1) is 0 Å². The van der Waals surface area contributed by atoms with Crippen LogP contribution in [0.4, 0.5) is 10.1 Å². The first-order valence-corrected chi connectivity index (χ1v) is 6.30. The van der Waals surface area contributed by atoms with Gasteiger partial charge in [-0.25, -0.2) is 9.18 Å². The summed E-state index contributed by atoms with van der Waals surface area (Å²) in [5, 5.41) is 5.92. The summed E-state index contributed by atoms with van der Waals surface area (Å²) in [6.45, 7) is 0.769. The van der Waals surface area contributed by atoms with Gasteiger partial charge < -0.3 is 19.3 Å². The van der Waals surface area contributed by atoms with Crippen molar-refractivity contribution in [1.82, 2.24) is 5.16 Å². The minimum Gasteiger partial charge on any atom is -0.463 e. The Morgan fingerprint density at radius 2 is 2.14 bits per heavy atom. The van der Waals surface area contributed by atoms with Gasteiger partial charge in [0, 0.05) is 11.8 Å². The monoisotopic (exact) mass is 308 g/mol. The Morgan fingerprint density at radius 1 is 1.32 bits per heavy atom. The second kappa shape index (κ2) is 7.21. The van der Waals surface area contributed by atoms with Crippen LogP contribution in [-0.4, -0.2) is 30.2 Å². The van der Waals surface area contributed by atoms with E-state index < -0.39 is 30.9 Å². The predicted octanol–water partition coefficient (Wildman–Crippen LogP) is 1.68. The van der Waals surface area contributed by atoms with Gasteiger partial charge in [0.15, 0.2) is 13.2 Å². The molecule has 0 radical (unpaired) electrons. The van der Waals surface area contributed by atoms with Gasteiger partial charge in [-0.3, -0.25) is 4.79 Å². The molecule has 0 unspecified atom stereocenters. The van der Waals surface area contributed by atoms with E-state index in [4.69, 9.17) is 14.0 Å². The molecule has 1 amide bonds. The maximum absolute atomic E-state index is 12.9. The highest BCUT2D eigenvalue weighted by Gasteiger charge is 2.10. The second-order valence-electron chi connectivity index (χ2n) is 4.28. The van der Waals surface area contributed by atoms with Crippen LogP contribution < -0.4 is 10.1 Å². The van der Waals surface area contributed by atoms with Crippen molar-refractivity contribution in [3.8, 4) is 5.88 Å². The van der Waals surface area contributed by atoms with E-state index in [1.165, 1.54) is 24.3 Å². The fourth-order valence-electron chi connectivity index (χ4n) is 1.50. The summed E-state index contributed by atoms with van der Waals surface area (Å²) in [4.78, 5) is 22.9. The number of hydrogen-bond donors (Lipinski definition) is 1. The Bertz CT molecular complexity index is 671. The summed E-state index contributed by atoms with van der Waals surface area (Å²) in [6, 6.07) is 6.86. The van der Waals surface area contributed by atoms with Crippen LogP contribution in [0.3, 0.4) is 0 Å². The molecule has 1 aromatic carbocycles. The molecule has 1 heterocycles. The van der Waals surface area contributed by atoms with E-state index in [0.29, 0.717) is 5.76 Å². The molecule has 8 heteroatoms. The van der Waals surface area contributed by atoms with E-state index in [9.17, 15) is 14.0 Å². The Morgan fingerprint density at radius 3 is 2.82 bits per heavy atom. The Labute approximate surface area is 125 Å². The highest BCUT2D eigenvalue weighted by atomic mass is 19.1. The maximum Gasteiger partial charge on any atom is 0.344 e. The molecular weight excluding hydrogens is 295 g/mol. The molecule has 0 aliphatic rings. The molecule has 1 aromatic heterocycles. The van der Waals surface area contributed by atoms with Crippen molar-refractivity contribution in [3.05, 3.63) is 41.9 Å². The van der Waals surface area contributed by atoms with Crippen molar-refractivity contribution >= 4 is 17.6 Å². The lowest BCUT2D eigenvalue weighted by Gasteiger charge is -2.06. The normalized spacial score (nSPS) is 10.1. The summed E-state index contributed by atoms with van der Waals surface area (Å²) in [5.74, 6) is -1.12. The number of nitrogens with one attached hydrogen (secondary N) is 1. The first-order valence-electron chi connectivity index (χ1n) is 6.30. The van der Waals surface area contributed by atoms with Crippen LogP contribution >= 0.6 is 0 Å². The van der Waals surface area contributed by atoms with E-state index in [-0.39, 0.29) is 11.6 Å². The average molecular weight is 308 g/mol. The lowest BCUT2D eigenvalue weighted by molar-refractivity contribution is -0.149. The van der Waals surface area contributed by atoms with Crippen LogP contribution in [0.15, 0.2) is 34.9 Å². The minimum absolute atomic E-state index is 0.152. The van der Waals surface area contributed by atoms with Crippen LogP contribution in [0.5, 0.6) is 5.88 Å². The standard InChI is InChI=1S/C14H13FN2O5/c1-9-5-13(17-22-9)20-8-14(19)21-7-12(18)16-11-4-2-3-10(15)6-11/h2-6H,7-8H2,1H3,(H,16,18). The van der Waals surface area contributed by atoms with Gasteiger partial charge in [0.1, 0.15) is 11.6 Å². The van der Waals surface area contributed by atoms with Crippen LogP contribution in [0.25, 0.3) is 0 Å². The maximum atomic E-state index is 12.9. The number of amides is 1. The van der Waals surface area contributed by atoms with Gasteiger partial charge in [0.25, 0.3) is 11.8 Å². The quantitative estimate of drug-likeness (QED) is 0.817. The number of rotatable bonds is 6. The number of anilines is 1. The van der Waals surface area contributed by atoms with Crippen molar-refractivity contribution < 1.29 is 28.0 Å². The summed E-state index contributed by atoms with van der Waals surface area (Å²) in [7, 11) is 0. The Kier molecular flexibility index (Phi) is 5.07. The third-order valence-corrected chi connectivity index (χ3v) is 2.42. The fourth-order valence-corrected chi connectivity index (χ4v) is 1.50. The largest absolute Gasteiger partial charge is 0.463 e. The van der Waals surface area contributed by atoms with E-state index >= 15 is 0 Å². The summed E-state index contributed by atoms with van der Waals surface area (Å²) >= 11 is 0. The number of carbonyl (C=O) groups is 2. The second-order valence-corrected chi connectivity index (χ2v) is 4.28. The molecule has 0 aliphatic heterocycles. The smallest absolute Gasteiger partial charge is 0.344 e. The zero-order chi connectivity index (χ0) is 15.9. The molecule has 0 bridgehead atoms. The van der Waals surface area contributed by atoms with Gasteiger partial charge in [-0.15, -0.1) is 0 Å². The van der Waals surface area contributed by atoms with E-state index in [1.54, 1.807) is 6.92 Å². The average Bonchev–Trinajstić information content (AvgIpc) is 2.89. The van der Waals surface area contributed by atoms with Gasteiger partial charge in [-0.05, 0) is 30.3 Å². The molecule has 0 spiro atoms. The molecule has 116 valence electrons. The molecule has 0 saturated heterocycles. The number of ether oxygens (including phenoxy) is 2. The third kappa shape index (κ3) is 4.89. The van der Waals surface area contributed by atoms with Crippen LogP contribution in [0, 0.1) is 12.7 Å². The van der Waals surface area contributed by atoms with Gasteiger partial charge in [0.2, 0.25) is 0 Å². The van der Waals surface area contributed by atoms with Crippen molar-refractivity contribution in [3.63, 3.8) is 0 Å². The number of aromatic nitrogens is 1. The van der Waals surface area contributed by atoms with Gasteiger partial charge in [-0.2, -0.15) is 0 Å². The number of esters is 1. The fraction of sp³-hybridized carbons (Fsp3) is 0.214. The summed E-state index contributed by atoms with van der Waals surface area (Å²) in [5.41, 5.74) is 0.273. The van der Waals surface area contributed by atoms with Crippen LogP contribution in [0.2, 0.25) is 0 Å². The lowest BCUT2D eigenvalue weighted by Crippen LogP contribution is -2.23. The molecule has 22 heavy (non-hydrogen) atoms. The minimum atomic E-state index is -0.741. The Balaban J connectivity index is 1.70. The third-order valence-electron chi connectivity index (χ3n) is 2.42. The number of carbonyl (C=O) groups excluding carboxylic acids is 2. The molecule has 0 atom stereocenters. The van der Waals surface area contributed by atoms with Crippen LogP contribution in [-0.2, 0) is 14.3 Å². The van der Waals surface area contributed by atoms with E-state index in [0.717, 1.165) is 6.07 Å². The number of aryl methyl sites for hydroxylation is 1. The van der Waals surface area contributed by atoms with Crippen molar-refractivity contribution in [2.45, 2.75) is 6.92 Å². The lowest BCUT2D eigenvalue weighted by atomic mass is 10.3. The molecule has 2 rings (SSSR count). The molecule has 2 aromatic rings. The van der Waals surface area contributed by atoms with E-state index in [2.05, 4.69) is 10.5 Å². The van der Waals surface area contributed by atoms with Gasteiger partial charge >= 0.3 is 5.97 Å². The first kappa shape index (κ1) is 15.5. The number of benzene rings is 1. The molecule has 0 fully saturated rings. The van der Waals surface area contributed by atoms with Crippen molar-refractivity contribution in [2.24, 2.45) is 0 Å². The molecule has 0 aliphatic carbocycles. The summed E-state index contributed by atoms with van der Waals surface area (Å²) < 4.78 is 27.4. The molecule has 7 nitrogen and oxygen atoms in total. The molecular formula is C14H13FN2O5. The van der Waals surface area contributed by atoms with E-state index in [1.807, 2.05) is 0 Å². The zero-order valence-electron chi connectivity index (χ0n) is 11.7. The summed E-state index contributed by atoms with van der Waals surface area (Å²) in [6.07, 6.45) is 0.